The molecule has 0 fully saturated rings. The van der Waals surface area contributed by atoms with Crippen molar-refractivity contribution in [1.29, 1.82) is 0 Å². The van der Waals surface area contributed by atoms with Crippen LogP contribution in [0.4, 0.5) is 4.79 Å². The summed E-state index contributed by atoms with van der Waals surface area (Å²) in [7, 11) is 1.94. The maximum atomic E-state index is 11.6. The number of hydrogen-bond donors (Lipinski definition) is 1. The van der Waals surface area contributed by atoms with Crippen LogP contribution in [0.25, 0.3) is 0 Å². The predicted molar refractivity (Wildman–Crippen MR) is 80.1 cm³/mol. The van der Waals surface area contributed by atoms with Crippen LogP contribution in [0.2, 0.25) is 4.34 Å². The molecule has 0 aliphatic carbocycles. The summed E-state index contributed by atoms with van der Waals surface area (Å²) in [6, 6.07) is 0.125. The van der Waals surface area contributed by atoms with Crippen molar-refractivity contribution in [3.63, 3.8) is 0 Å². The van der Waals surface area contributed by atoms with Gasteiger partial charge < -0.3 is 10.1 Å². The van der Waals surface area contributed by atoms with Gasteiger partial charge in [0, 0.05) is 30.7 Å². The second-order valence-corrected chi connectivity index (χ2v) is 7.00. The molecule has 1 aromatic heterocycles. The summed E-state index contributed by atoms with van der Waals surface area (Å²) in [5.74, 6) is 0. The van der Waals surface area contributed by atoms with Crippen molar-refractivity contribution in [2.24, 2.45) is 0 Å². The molecule has 0 unspecified atom stereocenters. The molecule has 0 aliphatic rings. The van der Waals surface area contributed by atoms with Gasteiger partial charge in [0.15, 0.2) is 0 Å². The molecule has 8 heteroatoms. The third-order valence-corrected chi connectivity index (χ3v) is 3.59. The molecule has 0 spiro atoms. The van der Waals surface area contributed by atoms with Crippen LogP contribution >= 0.6 is 23.1 Å². The van der Waals surface area contributed by atoms with Crippen LogP contribution in [0.15, 0.2) is 0 Å². The zero-order valence-electron chi connectivity index (χ0n) is 12.4. The second-order valence-electron chi connectivity index (χ2n) is 5.64. The number of nitrogens with one attached hydrogen (secondary N) is 1. The highest BCUT2D eigenvalue weighted by Gasteiger charge is 2.18. The van der Waals surface area contributed by atoms with Gasteiger partial charge >= 0.3 is 6.09 Å². The fourth-order valence-electron chi connectivity index (χ4n) is 1.38. The van der Waals surface area contributed by atoms with Crippen molar-refractivity contribution >= 4 is 29.2 Å². The quantitative estimate of drug-likeness (QED) is 0.903. The smallest absolute Gasteiger partial charge is 0.407 e. The number of carbonyl (C=O) groups is 1. The van der Waals surface area contributed by atoms with Gasteiger partial charge in [-0.3, -0.25) is 4.90 Å². The Bertz CT molecular complexity index is 447. The van der Waals surface area contributed by atoms with E-state index in [9.17, 15) is 4.79 Å². The molecule has 1 aromatic rings. The molecule has 1 amide bonds. The lowest BCUT2D eigenvalue weighted by Gasteiger charge is -2.25. The summed E-state index contributed by atoms with van der Waals surface area (Å²) >= 11 is 7.14. The number of ether oxygens (including phenoxy) is 1. The molecule has 0 saturated heterocycles. The number of likely N-dealkylation sites (N-methyl/N-ethyl adjacent to an activating group) is 1. The van der Waals surface area contributed by atoms with E-state index in [-0.39, 0.29) is 6.04 Å². The molecule has 114 valence electrons. The summed E-state index contributed by atoms with van der Waals surface area (Å²) < 4.78 is 9.58. The van der Waals surface area contributed by atoms with E-state index in [4.69, 9.17) is 16.3 Å². The van der Waals surface area contributed by atoms with E-state index in [0.717, 1.165) is 5.69 Å². The lowest BCUT2D eigenvalue weighted by Crippen LogP contribution is -2.41. The first-order chi connectivity index (χ1) is 9.19. The largest absolute Gasteiger partial charge is 0.444 e. The maximum absolute atomic E-state index is 11.6. The van der Waals surface area contributed by atoms with Gasteiger partial charge in [-0.1, -0.05) is 16.1 Å². The molecular weight excluding hydrogens is 300 g/mol. The number of rotatable bonds is 5. The first kappa shape index (κ1) is 17.1. The maximum Gasteiger partial charge on any atom is 0.407 e. The van der Waals surface area contributed by atoms with Gasteiger partial charge in [-0.25, -0.2) is 4.79 Å². The minimum atomic E-state index is -0.487. The Morgan fingerprint density at radius 1 is 1.55 bits per heavy atom. The number of carbonyl (C=O) groups excluding carboxylic acids is 1. The summed E-state index contributed by atoms with van der Waals surface area (Å²) in [6.07, 6.45) is -0.411. The van der Waals surface area contributed by atoms with Gasteiger partial charge in [0.1, 0.15) is 15.6 Å². The average Bonchev–Trinajstić information content (AvgIpc) is 2.69. The molecule has 0 radical (unpaired) electrons. The Labute approximate surface area is 128 Å². The summed E-state index contributed by atoms with van der Waals surface area (Å²) in [4.78, 5) is 13.6. The summed E-state index contributed by atoms with van der Waals surface area (Å²) in [5, 5.41) is 6.71. The fourth-order valence-corrected chi connectivity index (χ4v) is 2.00. The lowest BCUT2D eigenvalue weighted by atomic mass is 10.2. The van der Waals surface area contributed by atoms with Gasteiger partial charge in [-0.05, 0) is 34.7 Å². The highest BCUT2D eigenvalue weighted by atomic mass is 35.5. The third-order valence-electron chi connectivity index (χ3n) is 2.60. The van der Waals surface area contributed by atoms with Crippen LogP contribution in [0, 0.1) is 0 Å². The van der Waals surface area contributed by atoms with Crippen molar-refractivity contribution in [2.45, 2.75) is 45.9 Å². The molecule has 20 heavy (non-hydrogen) atoms. The van der Waals surface area contributed by atoms with Crippen molar-refractivity contribution in [3.8, 4) is 0 Å². The Morgan fingerprint density at radius 3 is 2.70 bits per heavy atom. The van der Waals surface area contributed by atoms with Gasteiger partial charge in [-0.15, -0.1) is 5.10 Å². The zero-order chi connectivity index (χ0) is 15.3. The van der Waals surface area contributed by atoms with Gasteiger partial charge in [0.25, 0.3) is 0 Å². The molecule has 1 N–H and O–H groups in total. The average molecular weight is 321 g/mol. The number of alkyl carbamates (subject to hydrolysis) is 1. The first-order valence-corrected chi connectivity index (χ1v) is 7.48. The minimum absolute atomic E-state index is 0.125. The summed E-state index contributed by atoms with van der Waals surface area (Å²) in [6.45, 7) is 8.58. The monoisotopic (exact) mass is 320 g/mol. The minimum Gasteiger partial charge on any atom is -0.444 e. The van der Waals surface area contributed by atoms with Crippen LogP contribution < -0.4 is 5.32 Å². The first-order valence-electron chi connectivity index (χ1n) is 6.33. The second kappa shape index (κ2) is 7.19. The highest BCUT2D eigenvalue weighted by Crippen LogP contribution is 2.18. The van der Waals surface area contributed by atoms with E-state index in [1.807, 2.05) is 39.6 Å². The molecule has 0 aromatic carbocycles. The number of nitrogens with zero attached hydrogens (tertiary/aromatic N) is 3. The number of hydrogen-bond acceptors (Lipinski definition) is 6. The highest BCUT2D eigenvalue weighted by molar-refractivity contribution is 7.10. The molecule has 1 atom stereocenters. The van der Waals surface area contributed by atoms with E-state index in [1.165, 1.54) is 11.5 Å². The van der Waals surface area contributed by atoms with E-state index in [2.05, 4.69) is 14.9 Å². The van der Waals surface area contributed by atoms with Crippen LogP contribution in [-0.4, -0.2) is 45.8 Å². The Hall–Kier alpha value is -0.920. The number of amides is 1. The molecule has 1 heterocycles. The van der Waals surface area contributed by atoms with Crippen LogP contribution in [0.3, 0.4) is 0 Å². The third kappa shape index (κ3) is 6.02. The Morgan fingerprint density at radius 2 is 2.20 bits per heavy atom. The molecule has 1 rings (SSSR count). The predicted octanol–water partition coefficient (Wildman–Crippen LogP) is 2.54. The Kier molecular flexibility index (Phi) is 6.16. The molecule has 0 aliphatic heterocycles. The van der Waals surface area contributed by atoms with Gasteiger partial charge in [-0.2, -0.15) is 0 Å². The lowest BCUT2D eigenvalue weighted by molar-refractivity contribution is 0.0512. The van der Waals surface area contributed by atoms with Crippen molar-refractivity contribution in [1.82, 2.24) is 19.8 Å². The number of aromatic nitrogens is 2. The van der Waals surface area contributed by atoms with Crippen LogP contribution in [0.1, 0.15) is 33.4 Å². The standard InChI is InChI=1S/C12H21ClN4O2S/c1-8(6-14-11(18)19-12(2,3)4)17(5)7-9-10(13)20-16-15-9/h8H,6-7H2,1-5H3,(H,14,18)/t8-/m1/s1. The van der Waals surface area contributed by atoms with E-state index in [0.29, 0.717) is 17.4 Å². The SMILES string of the molecule is C[C@H](CNC(=O)OC(C)(C)C)N(C)Cc1nnsc1Cl. The molecule has 0 saturated carbocycles. The van der Waals surface area contributed by atoms with Crippen molar-refractivity contribution < 1.29 is 9.53 Å². The normalized spacial score (nSPS) is 13.3. The Balaban J connectivity index is 2.37. The number of halogens is 1. The van der Waals surface area contributed by atoms with Crippen LogP contribution in [-0.2, 0) is 11.3 Å². The molecular formula is C12H21ClN4O2S. The van der Waals surface area contributed by atoms with E-state index < -0.39 is 11.7 Å². The van der Waals surface area contributed by atoms with Gasteiger partial charge in [0.2, 0.25) is 0 Å². The topological polar surface area (TPSA) is 67.3 Å². The van der Waals surface area contributed by atoms with E-state index >= 15 is 0 Å². The van der Waals surface area contributed by atoms with E-state index in [1.54, 1.807) is 0 Å². The zero-order valence-corrected chi connectivity index (χ0v) is 14.0. The van der Waals surface area contributed by atoms with Crippen molar-refractivity contribution in [2.75, 3.05) is 13.6 Å². The van der Waals surface area contributed by atoms with Crippen molar-refractivity contribution in [3.05, 3.63) is 10.0 Å². The molecule has 6 nitrogen and oxygen atoms in total. The fraction of sp³-hybridized carbons (Fsp3) is 0.750. The van der Waals surface area contributed by atoms with Crippen LogP contribution in [0.5, 0.6) is 0 Å². The van der Waals surface area contributed by atoms with Gasteiger partial charge in [0.05, 0.1) is 0 Å². The molecule has 0 bridgehead atoms. The summed E-state index contributed by atoms with van der Waals surface area (Å²) in [5.41, 5.74) is 0.266.